The predicted molar refractivity (Wildman–Crippen MR) is 83.6 cm³/mol. The molecule has 0 bridgehead atoms. The summed E-state index contributed by atoms with van der Waals surface area (Å²) in [6, 6.07) is 6.30. The van der Waals surface area contributed by atoms with E-state index in [1.807, 2.05) is 0 Å². The molecule has 0 heterocycles. The fourth-order valence-corrected chi connectivity index (χ4v) is 3.11. The van der Waals surface area contributed by atoms with Crippen LogP contribution in [-0.4, -0.2) is 12.6 Å². The first-order valence-corrected chi connectivity index (χ1v) is 8.25. The monoisotopic (exact) mass is 325 g/mol. The molecule has 0 saturated heterocycles. The molecule has 2 nitrogen and oxygen atoms in total. The minimum atomic E-state index is 0.390. The number of benzene rings is 1. The molecule has 0 aromatic heterocycles. The molecule has 2 rings (SSSR count). The van der Waals surface area contributed by atoms with Gasteiger partial charge in [0.15, 0.2) is 0 Å². The fourth-order valence-electron chi connectivity index (χ4n) is 2.61. The summed E-state index contributed by atoms with van der Waals surface area (Å²) in [7, 11) is 0. The van der Waals surface area contributed by atoms with Gasteiger partial charge < -0.3 is 10.1 Å². The first-order chi connectivity index (χ1) is 9.31. The van der Waals surface area contributed by atoms with Crippen LogP contribution in [0.15, 0.2) is 22.7 Å². The zero-order valence-electron chi connectivity index (χ0n) is 11.8. The maximum absolute atomic E-state index is 6.31. The van der Waals surface area contributed by atoms with Crippen LogP contribution >= 0.6 is 15.9 Å². The zero-order valence-corrected chi connectivity index (χ0v) is 13.3. The van der Waals surface area contributed by atoms with E-state index in [1.54, 1.807) is 0 Å². The van der Waals surface area contributed by atoms with E-state index in [4.69, 9.17) is 4.74 Å². The van der Waals surface area contributed by atoms with E-state index in [0.29, 0.717) is 6.10 Å². The number of rotatable bonds is 5. The molecular weight excluding hydrogens is 302 g/mol. The molecule has 1 aromatic carbocycles. The van der Waals surface area contributed by atoms with Crippen molar-refractivity contribution in [3.8, 4) is 5.75 Å². The highest BCUT2D eigenvalue weighted by Gasteiger charge is 2.17. The maximum Gasteiger partial charge on any atom is 0.138 e. The highest BCUT2D eigenvalue weighted by Crippen LogP contribution is 2.32. The maximum atomic E-state index is 6.31. The summed E-state index contributed by atoms with van der Waals surface area (Å²) in [6.07, 6.45) is 8.11. The molecule has 1 aromatic rings. The molecule has 0 atom stereocenters. The summed E-state index contributed by atoms with van der Waals surface area (Å²) >= 11 is 3.63. The van der Waals surface area contributed by atoms with Crippen LogP contribution in [-0.2, 0) is 6.54 Å². The predicted octanol–water partition coefficient (Wildman–Crippen LogP) is 4.66. The molecule has 19 heavy (non-hydrogen) atoms. The van der Waals surface area contributed by atoms with E-state index >= 15 is 0 Å². The minimum Gasteiger partial charge on any atom is -0.489 e. The summed E-state index contributed by atoms with van der Waals surface area (Å²) in [6.45, 7) is 3.98. The van der Waals surface area contributed by atoms with Gasteiger partial charge in [0.05, 0.1) is 10.6 Å². The van der Waals surface area contributed by atoms with Crippen LogP contribution < -0.4 is 10.1 Å². The van der Waals surface area contributed by atoms with Gasteiger partial charge in [0.25, 0.3) is 0 Å². The number of hydrogen-bond donors (Lipinski definition) is 1. The van der Waals surface area contributed by atoms with Crippen molar-refractivity contribution in [2.24, 2.45) is 0 Å². The van der Waals surface area contributed by atoms with Crippen LogP contribution in [0.3, 0.4) is 0 Å². The average Bonchev–Trinajstić information content (AvgIpc) is 2.68. The Morgan fingerprint density at radius 3 is 2.63 bits per heavy atom. The summed E-state index contributed by atoms with van der Waals surface area (Å²) in [5, 5.41) is 3.38. The molecule has 0 spiro atoms. The van der Waals surface area contributed by atoms with Crippen LogP contribution in [0.4, 0.5) is 0 Å². The van der Waals surface area contributed by atoms with Crippen LogP contribution in [0.5, 0.6) is 5.75 Å². The zero-order chi connectivity index (χ0) is 13.5. The fraction of sp³-hybridized carbons (Fsp3) is 0.625. The van der Waals surface area contributed by atoms with Crippen molar-refractivity contribution in [2.45, 2.75) is 58.1 Å². The van der Waals surface area contributed by atoms with E-state index in [-0.39, 0.29) is 0 Å². The van der Waals surface area contributed by atoms with E-state index < -0.39 is 0 Å². The highest BCUT2D eigenvalue weighted by atomic mass is 79.9. The quantitative estimate of drug-likeness (QED) is 0.795. The van der Waals surface area contributed by atoms with Gasteiger partial charge in [0.2, 0.25) is 0 Å². The second kappa shape index (κ2) is 7.91. The third-order valence-corrected chi connectivity index (χ3v) is 4.33. The van der Waals surface area contributed by atoms with Crippen molar-refractivity contribution in [3.63, 3.8) is 0 Å². The third kappa shape index (κ3) is 4.50. The average molecular weight is 326 g/mol. The van der Waals surface area contributed by atoms with Gasteiger partial charge >= 0.3 is 0 Å². The number of ether oxygens (including phenoxy) is 1. The summed E-state index contributed by atoms with van der Waals surface area (Å²) in [5.74, 6) is 1.04. The molecule has 0 unspecified atom stereocenters. The normalized spacial score (nSPS) is 17.2. The Labute approximate surface area is 125 Å². The van der Waals surface area contributed by atoms with E-state index in [9.17, 15) is 0 Å². The number of nitrogens with one attached hydrogen (secondary N) is 1. The second-order valence-corrected chi connectivity index (χ2v) is 6.09. The van der Waals surface area contributed by atoms with Gasteiger partial charge in [0.1, 0.15) is 5.75 Å². The van der Waals surface area contributed by atoms with Gasteiger partial charge in [-0.05, 0) is 54.2 Å². The topological polar surface area (TPSA) is 21.3 Å². The minimum absolute atomic E-state index is 0.390. The first-order valence-electron chi connectivity index (χ1n) is 7.46. The van der Waals surface area contributed by atoms with Gasteiger partial charge in [-0.2, -0.15) is 0 Å². The third-order valence-electron chi connectivity index (χ3n) is 3.70. The van der Waals surface area contributed by atoms with E-state index in [2.05, 4.69) is 46.4 Å². The molecule has 1 fully saturated rings. The Morgan fingerprint density at radius 1 is 1.21 bits per heavy atom. The lowest BCUT2D eigenvalue weighted by Crippen LogP contribution is -2.18. The van der Waals surface area contributed by atoms with Crippen molar-refractivity contribution in [1.29, 1.82) is 0 Å². The molecule has 1 aliphatic carbocycles. The first kappa shape index (κ1) is 14.9. The molecule has 0 amide bonds. The Bertz CT molecular complexity index is 386. The highest BCUT2D eigenvalue weighted by molar-refractivity contribution is 9.10. The Balaban J connectivity index is 2.08. The van der Waals surface area contributed by atoms with Gasteiger partial charge in [-0.15, -0.1) is 0 Å². The Hall–Kier alpha value is -0.540. The SMILES string of the molecule is CCNCc1cccc(Br)c1OC1CCCCCC1. The van der Waals surface area contributed by atoms with Gasteiger partial charge in [-0.1, -0.05) is 31.9 Å². The van der Waals surface area contributed by atoms with Crippen LogP contribution in [0.25, 0.3) is 0 Å². The van der Waals surface area contributed by atoms with Crippen LogP contribution in [0.1, 0.15) is 51.0 Å². The summed E-state index contributed by atoms with van der Waals surface area (Å²) in [4.78, 5) is 0. The Morgan fingerprint density at radius 2 is 1.95 bits per heavy atom. The number of para-hydroxylation sites is 1. The lowest BCUT2D eigenvalue weighted by atomic mass is 10.1. The summed E-state index contributed by atoms with van der Waals surface area (Å²) < 4.78 is 7.38. The molecule has 0 radical (unpaired) electrons. The van der Waals surface area contributed by atoms with E-state index in [1.165, 1.54) is 44.1 Å². The van der Waals surface area contributed by atoms with Crippen molar-refractivity contribution in [3.05, 3.63) is 28.2 Å². The second-order valence-electron chi connectivity index (χ2n) is 5.24. The van der Waals surface area contributed by atoms with Gasteiger partial charge in [-0.25, -0.2) is 0 Å². The lowest BCUT2D eigenvalue weighted by Gasteiger charge is -2.20. The smallest absolute Gasteiger partial charge is 0.138 e. The number of halogens is 1. The molecule has 106 valence electrons. The largest absolute Gasteiger partial charge is 0.489 e. The molecule has 0 aliphatic heterocycles. The van der Waals surface area contributed by atoms with Crippen LogP contribution in [0, 0.1) is 0 Å². The van der Waals surface area contributed by atoms with Gasteiger partial charge in [-0.3, -0.25) is 0 Å². The molecule has 3 heteroatoms. The van der Waals surface area contributed by atoms with Crippen LogP contribution in [0.2, 0.25) is 0 Å². The standard InChI is InChI=1S/C16H24BrNO/c1-2-18-12-13-8-7-11-15(17)16(13)19-14-9-5-3-4-6-10-14/h7-8,11,14,18H,2-6,9-10,12H2,1H3. The molecule has 1 saturated carbocycles. The molecule has 1 aliphatic rings. The van der Waals surface area contributed by atoms with Crippen molar-refractivity contribution < 1.29 is 4.74 Å². The van der Waals surface area contributed by atoms with Gasteiger partial charge in [0, 0.05) is 12.1 Å². The van der Waals surface area contributed by atoms with Crippen molar-refractivity contribution in [1.82, 2.24) is 5.32 Å². The van der Waals surface area contributed by atoms with Crippen molar-refractivity contribution in [2.75, 3.05) is 6.54 Å². The Kier molecular flexibility index (Phi) is 6.18. The molecule has 1 N–H and O–H groups in total. The van der Waals surface area contributed by atoms with E-state index in [0.717, 1.165) is 23.3 Å². The van der Waals surface area contributed by atoms with Crippen molar-refractivity contribution >= 4 is 15.9 Å². The molecular formula is C16H24BrNO. The summed E-state index contributed by atoms with van der Waals surface area (Å²) in [5.41, 5.74) is 1.25. The lowest BCUT2D eigenvalue weighted by molar-refractivity contribution is 0.180. The number of hydrogen-bond acceptors (Lipinski definition) is 2.